The van der Waals surface area contributed by atoms with Gasteiger partial charge in [0.1, 0.15) is 13.2 Å². The average Bonchev–Trinajstić information content (AvgIpc) is 2.46. The van der Waals surface area contributed by atoms with Crippen LogP contribution in [0.5, 0.6) is 11.5 Å². The molecule has 0 spiro atoms. The molecule has 3 heteroatoms. The van der Waals surface area contributed by atoms with E-state index >= 15 is 0 Å². The molecule has 1 aromatic rings. The van der Waals surface area contributed by atoms with Crippen molar-refractivity contribution < 1.29 is 9.47 Å². The molecule has 1 aliphatic rings. The highest BCUT2D eigenvalue weighted by Gasteiger charge is 2.14. The molecule has 20 heavy (non-hydrogen) atoms. The van der Waals surface area contributed by atoms with E-state index in [1.54, 1.807) is 0 Å². The number of benzene rings is 1. The third-order valence-corrected chi connectivity index (χ3v) is 3.73. The molecule has 0 bridgehead atoms. The summed E-state index contributed by atoms with van der Waals surface area (Å²) < 4.78 is 11.2. The van der Waals surface area contributed by atoms with Crippen molar-refractivity contribution >= 4 is 0 Å². The zero-order valence-corrected chi connectivity index (χ0v) is 12.9. The van der Waals surface area contributed by atoms with Crippen LogP contribution in [0, 0.1) is 5.92 Å². The third kappa shape index (κ3) is 4.41. The number of nitrogens with one attached hydrogen (secondary N) is 1. The van der Waals surface area contributed by atoms with Crippen molar-refractivity contribution in [2.75, 3.05) is 19.8 Å². The van der Waals surface area contributed by atoms with Crippen molar-refractivity contribution in [3.63, 3.8) is 0 Å². The molecule has 0 aliphatic carbocycles. The number of hydrogen-bond donors (Lipinski definition) is 1. The Morgan fingerprint density at radius 2 is 1.80 bits per heavy atom. The zero-order chi connectivity index (χ0) is 14.4. The van der Waals surface area contributed by atoms with Gasteiger partial charge in [-0.15, -0.1) is 0 Å². The Kier molecular flexibility index (Phi) is 5.72. The van der Waals surface area contributed by atoms with Crippen LogP contribution < -0.4 is 14.8 Å². The fraction of sp³-hybridized carbons (Fsp3) is 0.647. The maximum atomic E-state index is 5.63. The van der Waals surface area contributed by atoms with E-state index < -0.39 is 0 Å². The van der Waals surface area contributed by atoms with Crippen LogP contribution in [0.2, 0.25) is 0 Å². The normalized spacial score (nSPS) is 15.4. The SMILES string of the molecule is CC(C)CCCCNC(C)c1ccc2c(c1)OCCO2. The quantitative estimate of drug-likeness (QED) is 0.766. The van der Waals surface area contributed by atoms with E-state index in [1.165, 1.54) is 24.8 Å². The van der Waals surface area contributed by atoms with Crippen LogP contribution in [0.4, 0.5) is 0 Å². The number of unbranched alkanes of at least 4 members (excludes halogenated alkanes) is 1. The third-order valence-electron chi connectivity index (χ3n) is 3.73. The van der Waals surface area contributed by atoms with Gasteiger partial charge in [0.25, 0.3) is 0 Å². The van der Waals surface area contributed by atoms with Gasteiger partial charge < -0.3 is 14.8 Å². The first-order valence-electron chi connectivity index (χ1n) is 7.79. The van der Waals surface area contributed by atoms with E-state index in [2.05, 4.69) is 38.2 Å². The Morgan fingerprint density at radius 3 is 2.55 bits per heavy atom. The molecular formula is C17H27NO2. The fourth-order valence-electron chi connectivity index (χ4n) is 2.44. The summed E-state index contributed by atoms with van der Waals surface area (Å²) in [5, 5.41) is 3.58. The van der Waals surface area contributed by atoms with Gasteiger partial charge in [-0.1, -0.05) is 32.8 Å². The molecule has 0 saturated heterocycles. The van der Waals surface area contributed by atoms with Gasteiger partial charge >= 0.3 is 0 Å². The molecule has 0 fully saturated rings. The molecule has 1 aromatic carbocycles. The summed E-state index contributed by atoms with van der Waals surface area (Å²) in [7, 11) is 0. The minimum Gasteiger partial charge on any atom is -0.486 e. The summed E-state index contributed by atoms with van der Waals surface area (Å²) in [5.41, 5.74) is 1.26. The van der Waals surface area contributed by atoms with E-state index in [4.69, 9.17) is 9.47 Å². The predicted octanol–water partition coefficient (Wildman–Crippen LogP) is 3.93. The van der Waals surface area contributed by atoms with Gasteiger partial charge in [0.15, 0.2) is 11.5 Å². The van der Waals surface area contributed by atoms with Crippen molar-refractivity contribution in [1.82, 2.24) is 5.32 Å². The molecule has 0 amide bonds. The van der Waals surface area contributed by atoms with E-state index in [0.29, 0.717) is 19.3 Å². The fourth-order valence-corrected chi connectivity index (χ4v) is 2.44. The van der Waals surface area contributed by atoms with Gasteiger partial charge in [-0.3, -0.25) is 0 Å². The van der Waals surface area contributed by atoms with Crippen LogP contribution in [0.1, 0.15) is 51.6 Å². The van der Waals surface area contributed by atoms with Crippen molar-refractivity contribution in [2.45, 2.75) is 46.1 Å². The average molecular weight is 277 g/mol. The molecule has 2 rings (SSSR count). The largest absolute Gasteiger partial charge is 0.486 e. The summed E-state index contributed by atoms with van der Waals surface area (Å²) >= 11 is 0. The van der Waals surface area contributed by atoms with Crippen LogP contribution >= 0.6 is 0 Å². The molecule has 0 aromatic heterocycles. The highest BCUT2D eigenvalue weighted by molar-refractivity contribution is 5.44. The van der Waals surface area contributed by atoms with Crippen LogP contribution in [0.15, 0.2) is 18.2 Å². The van der Waals surface area contributed by atoms with Crippen LogP contribution in [-0.2, 0) is 0 Å². The van der Waals surface area contributed by atoms with Gasteiger partial charge in [-0.25, -0.2) is 0 Å². The molecule has 1 unspecified atom stereocenters. The van der Waals surface area contributed by atoms with Gasteiger partial charge in [-0.2, -0.15) is 0 Å². The predicted molar refractivity (Wildman–Crippen MR) is 82.5 cm³/mol. The molecule has 112 valence electrons. The second kappa shape index (κ2) is 7.53. The smallest absolute Gasteiger partial charge is 0.161 e. The van der Waals surface area contributed by atoms with Crippen molar-refractivity contribution in [3.05, 3.63) is 23.8 Å². The molecule has 0 saturated carbocycles. The van der Waals surface area contributed by atoms with Crippen molar-refractivity contribution in [3.8, 4) is 11.5 Å². The summed E-state index contributed by atoms with van der Waals surface area (Å²) in [6.07, 6.45) is 3.87. The van der Waals surface area contributed by atoms with Gasteiger partial charge in [0.2, 0.25) is 0 Å². The topological polar surface area (TPSA) is 30.5 Å². The summed E-state index contributed by atoms with van der Waals surface area (Å²) in [5.74, 6) is 2.55. The lowest BCUT2D eigenvalue weighted by Crippen LogP contribution is -2.21. The molecule has 1 aliphatic heterocycles. The second-order valence-electron chi connectivity index (χ2n) is 5.97. The monoisotopic (exact) mass is 277 g/mol. The second-order valence-corrected chi connectivity index (χ2v) is 5.97. The first-order valence-corrected chi connectivity index (χ1v) is 7.79. The lowest BCUT2D eigenvalue weighted by atomic mass is 10.1. The Balaban J connectivity index is 1.79. The van der Waals surface area contributed by atoms with Gasteiger partial charge in [-0.05, 0) is 43.5 Å². The Hall–Kier alpha value is -1.22. The highest BCUT2D eigenvalue weighted by Crippen LogP contribution is 2.32. The molecule has 1 N–H and O–H groups in total. The first kappa shape index (κ1) is 15.2. The van der Waals surface area contributed by atoms with Gasteiger partial charge in [0, 0.05) is 6.04 Å². The Bertz CT molecular complexity index is 417. The Labute approximate surface area is 122 Å². The maximum Gasteiger partial charge on any atom is 0.161 e. The van der Waals surface area contributed by atoms with E-state index in [-0.39, 0.29) is 0 Å². The van der Waals surface area contributed by atoms with Crippen LogP contribution in [0.25, 0.3) is 0 Å². The van der Waals surface area contributed by atoms with E-state index in [9.17, 15) is 0 Å². The molecule has 1 heterocycles. The van der Waals surface area contributed by atoms with Crippen LogP contribution in [-0.4, -0.2) is 19.8 Å². The van der Waals surface area contributed by atoms with E-state index in [1.807, 2.05) is 6.07 Å². The minimum absolute atomic E-state index is 0.352. The van der Waals surface area contributed by atoms with Gasteiger partial charge in [0.05, 0.1) is 0 Å². The highest BCUT2D eigenvalue weighted by atomic mass is 16.6. The minimum atomic E-state index is 0.352. The molecule has 1 atom stereocenters. The zero-order valence-electron chi connectivity index (χ0n) is 12.9. The van der Waals surface area contributed by atoms with Crippen molar-refractivity contribution in [2.24, 2.45) is 5.92 Å². The first-order chi connectivity index (χ1) is 9.66. The number of fused-ring (bicyclic) bond motifs is 1. The number of hydrogen-bond acceptors (Lipinski definition) is 3. The Morgan fingerprint density at radius 1 is 1.05 bits per heavy atom. The summed E-state index contributed by atoms with van der Waals surface area (Å²) in [6.45, 7) is 9.14. The standard InChI is InChI=1S/C17H27NO2/c1-13(2)6-4-5-9-18-14(3)15-7-8-16-17(12-15)20-11-10-19-16/h7-8,12-14,18H,4-6,9-11H2,1-3H3. The maximum absolute atomic E-state index is 5.63. The molecule has 0 radical (unpaired) electrons. The van der Waals surface area contributed by atoms with E-state index in [0.717, 1.165) is 24.0 Å². The number of ether oxygens (including phenoxy) is 2. The summed E-state index contributed by atoms with van der Waals surface area (Å²) in [6, 6.07) is 6.59. The lowest BCUT2D eigenvalue weighted by molar-refractivity contribution is 0.171. The molecular weight excluding hydrogens is 250 g/mol. The van der Waals surface area contributed by atoms with Crippen molar-refractivity contribution in [1.29, 1.82) is 0 Å². The molecule has 3 nitrogen and oxygen atoms in total. The van der Waals surface area contributed by atoms with Crippen LogP contribution in [0.3, 0.4) is 0 Å². The number of rotatable bonds is 7. The summed E-state index contributed by atoms with van der Waals surface area (Å²) in [4.78, 5) is 0. The lowest BCUT2D eigenvalue weighted by Gasteiger charge is -2.21.